The van der Waals surface area contributed by atoms with Gasteiger partial charge in [-0.2, -0.15) is 0 Å². The van der Waals surface area contributed by atoms with Gasteiger partial charge in [0.15, 0.2) is 0 Å². The molecule has 3 aromatic rings. The SMILES string of the molecule is CCN(CC)c1ccc(/C=C2/SC(=O)N(CC(=O)Nc3cc(C)ccc3C)C2=O)c(OCc2ccccc2)c1. The van der Waals surface area contributed by atoms with Crippen LogP contribution in [0, 0.1) is 13.8 Å². The van der Waals surface area contributed by atoms with Crippen LogP contribution in [0.3, 0.4) is 0 Å². The highest BCUT2D eigenvalue weighted by Gasteiger charge is 2.36. The van der Waals surface area contributed by atoms with Gasteiger partial charge in [-0.15, -0.1) is 0 Å². The Labute approximate surface area is 233 Å². The number of carbonyl (C=O) groups excluding carboxylic acids is 3. The lowest BCUT2D eigenvalue weighted by molar-refractivity contribution is -0.127. The predicted molar refractivity (Wildman–Crippen MR) is 158 cm³/mol. The van der Waals surface area contributed by atoms with Crippen LogP contribution in [0.1, 0.15) is 36.1 Å². The Morgan fingerprint density at radius 1 is 1.00 bits per heavy atom. The molecule has 8 heteroatoms. The van der Waals surface area contributed by atoms with E-state index in [9.17, 15) is 14.4 Å². The number of aryl methyl sites for hydroxylation is 2. The summed E-state index contributed by atoms with van der Waals surface area (Å²) in [7, 11) is 0. The zero-order chi connectivity index (χ0) is 27.9. The standard InChI is InChI=1S/C31H33N3O4S/c1-5-33(6-2)25-15-14-24(27(18-25)38-20-23-10-8-7-9-11-23)17-28-30(36)34(31(37)39-28)19-29(35)32-26-16-21(3)12-13-22(26)4/h7-18H,5-6,19-20H2,1-4H3,(H,32,35)/b28-17+. The molecule has 1 saturated heterocycles. The molecule has 3 aromatic carbocycles. The van der Waals surface area contributed by atoms with Crippen LogP contribution in [0.4, 0.5) is 16.2 Å². The highest BCUT2D eigenvalue weighted by Crippen LogP contribution is 2.35. The van der Waals surface area contributed by atoms with Crippen molar-refractivity contribution in [3.63, 3.8) is 0 Å². The minimum atomic E-state index is -0.497. The number of thioether (sulfide) groups is 1. The molecule has 1 heterocycles. The first-order valence-corrected chi connectivity index (χ1v) is 13.8. The summed E-state index contributed by atoms with van der Waals surface area (Å²) in [5, 5.41) is 2.34. The summed E-state index contributed by atoms with van der Waals surface area (Å²) in [5.74, 6) is -0.312. The highest BCUT2D eigenvalue weighted by molar-refractivity contribution is 8.18. The van der Waals surface area contributed by atoms with Crippen LogP contribution in [0.2, 0.25) is 0 Å². The van der Waals surface area contributed by atoms with Crippen LogP contribution in [-0.4, -0.2) is 41.6 Å². The van der Waals surface area contributed by atoms with Crippen LogP contribution in [0.15, 0.2) is 71.6 Å². The Balaban J connectivity index is 1.54. The van der Waals surface area contributed by atoms with Crippen LogP contribution in [0.5, 0.6) is 5.75 Å². The molecule has 3 amide bonds. The maximum Gasteiger partial charge on any atom is 0.294 e. The molecule has 7 nitrogen and oxygen atoms in total. The Bertz CT molecular complexity index is 1400. The Kier molecular flexibility index (Phi) is 9.09. The molecule has 0 aliphatic carbocycles. The second-order valence-corrected chi connectivity index (χ2v) is 10.3. The molecule has 202 valence electrons. The number of nitrogens with one attached hydrogen (secondary N) is 1. The maximum absolute atomic E-state index is 13.2. The van der Waals surface area contributed by atoms with Gasteiger partial charge in [-0.25, -0.2) is 0 Å². The number of carbonyl (C=O) groups is 3. The Morgan fingerprint density at radius 2 is 1.74 bits per heavy atom. The zero-order valence-electron chi connectivity index (χ0n) is 22.7. The molecule has 0 spiro atoms. The molecule has 0 radical (unpaired) electrons. The fourth-order valence-corrected chi connectivity index (χ4v) is 5.10. The van der Waals surface area contributed by atoms with Gasteiger partial charge in [-0.3, -0.25) is 19.3 Å². The molecule has 1 fully saturated rings. The van der Waals surface area contributed by atoms with Crippen molar-refractivity contribution in [2.24, 2.45) is 0 Å². The molecular weight excluding hydrogens is 510 g/mol. The van der Waals surface area contributed by atoms with Crippen molar-refractivity contribution in [2.45, 2.75) is 34.3 Å². The summed E-state index contributed by atoms with van der Waals surface area (Å²) in [6.07, 6.45) is 1.67. The molecule has 1 aliphatic heterocycles. The molecule has 0 bridgehead atoms. The zero-order valence-corrected chi connectivity index (χ0v) is 23.5. The van der Waals surface area contributed by atoms with E-state index in [0.717, 1.165) is 52.1 Å². The number of ether oxygens (including phenoxy) is 1. The number of amides is 3. The van der Waals surface area contributed by atoms with Gasteiger partial charge in [0, 0.05) is 36.1 Å². The van der Waals surface area contributed by atoms with E-state index in [2.05, 4.69) is 24.1 Å². The molecule has 0 atom stereocenters. The molecular formula is C31H33N3O4S. The summed E-state index contributed by atoms with van der Waals surface area (Å²) in [5.41, 5.74) is 5.29. The van der Waals surface area contributed by atoms with E-state index < -0.39 is 17.1 Å². The number of rotatable bonds is 10. The second-order valence-electron chi connectivity index (χ2n) is 9.30. The number of hydrogen-bond donors (Lipinski definition) is 1. The van der Waals surface area contributed by atoms with Gasteiger partial charge in [-0.05, 0) is 80.4 Å². The quantitative estimate of drug-likeness (QED) is 0.298. The summed E-state index contributed by atoms with van der Waals surface area (Å²) >= 11 is 0.826. The van der Waals surface area contributed by atoms with Crippen molar-refractivity contribution in [1.82, 2.24) is 4.90 Å². The molecule has 1 N–H and O–H groups in total. The molecule has 0 saturated carbocycles. The average molecular weight is 544 g/mol. The van der Waals surface area contributed by atoms with Crippen LogP contribution in [0.25, 0.3) is 6.08 Å². The van der Waals surface area contributed by atoms with Crippen molar-refractivity contribution >= 4 is 46.3 Å². The van der Waals surface area contributed by atoms with E-state index in [1.54, 1.807) is 6.08 Å². The largest absolute Gasteiger partial charge is 0.488 e. The van der Waals surface area contributed by atoms with E-state index in [-0.39, 0.29) is 11.4 Å². The van der Waals surface area contributed by atoms with Gasteiger partial charge in [-0.1, -0.05) is 42.5 Å². The van der Waals surface area contributed by atoms with Gasteiger partial charge < -0.3 is 15.0 Å². The number of imide groups is 1. The second kappa shape index (κ2) is 12.7. The first-order valence-electron chi connectivity index (χ1n) is 13.0. The van der Waals surface area contributed by atoms with E-state index >= 15 is 0 Å². The Hall–Kier alpha value is -4.04. The number of hydrogen-bond acceptors (Lipinski definition) is 6. The average Bonchev–Trinajstić information content (AvgIpc) is 3.19. The third-order valence-corrected chi connectivity index (χ3v) is 7.40. The van der Waals surface area contributed by atoms with E-state index in [4.69, 9.17) is 4.74 Å². The molecule has 0 aromatic heterocycles. The van der Waals surface area contributed by atoms with E-state index in [0.29, 0.717) is 23.6 Å². The lowest BCUT2D eigenvalue weighted by atomic mass is 10.1. The van der Waals surface area contributed by atoms with Crippen molar-refractivity contribution in [1.29, 1.82) is 0 Å². The normalized spacial score (nSPS) is 14.2. The monoisotopic (exact) mass is 543 g/mol. The van der Waals surface area contributed by atoms with Crippen LogP contribution < -0.4 is 15.0 Å². The van der Waals surface area contributed by atoms with Crippen LogP contribution >= 0.6 is 11.8 Å². The molecule has 4 rings (SSSR count). The number of anilines is 2. The first-order chi connectivity index (χ1) is 18.8. The summed E-state index contributed by atoms with van der Waals surface area (Å²) in [4.78, 5) is 42.0. The van der Waals surface area contributed by atoms with Gasteiger partial charge in [0.1, 0.15) is 18.9 Å². The van der Waals surface area contributed by atoms with Crippen LogP contribution in [-0.2, 0) is 16.2 Å². The topological polar surface area (TPSA) is 79.0 Å². The van der Waals surface area contributed by atoms with Crippen molar-refractivity contribution in [3.05, 3.63) is 93.9 Å². The van der Waals surface area contributed by atoms with Crippen molar-refractivity contribution in [3.8, 4) is 5.75 Å². The van der Waals surface area contributed by atoms with E-state index in [1.165, 1.54) is 0 Å². The predicted octanol–water partition coefficient (Wildman–Crippen LogP) is 6.40. The fourth-order valence-electron chi connectivity index (χ4n) is 4.27. The lowest BCUT2D eigenvalue weighted by Gasteiger charge is -2.22. The first kappa shape index (κ1) is 28.0. The maximum atomic E-state index is 13.2. The lowest BCUT2D eigenvalue weighted by Crippen LogP contribution is -2.36. The molecule has 39 heavy (non-hydrogen) atoms. The third-order valence-electron chi connectivity index (χ3n) is 6.49. The summed E-state index contributed by atoms with van der Waals surface area (Å²) in [6, 6.07) is 21.4. The van der Waals surface area contributed by atoms with Gasteiger partial charge in [0.05, 0.1) is 4.91 Å². The summed E-state index contributed by atoms with van der Waals surface area (Å²) < 4.78 is 6.20. The Morgan fingerprint density at radius 3 is 2.46 bits per heavy atom. The minimum absolute atomic E-state index is 0.250. The smallest absolute Gasteiger partial charge is 0.294 e. The van der Waals surface area contributed by atoms with Gasteiger partial charge >= 0.3 is 0 Å². The van der Waals surface area contributed by atoms with Gasteiger partial charge in [0.2, 0.25) is 5.91 Å². The van der Waals surface area contributed by atoms with Gasteiger partial charge in [0.25, 0.3) is 11.1 Å². The minimum Gasteiger partial charge on any atom is -0.488 e. The summed E-state index contributed by atoms with van der Waals surface area (Å²) in [6.45, 7) is 9.71. The molecule has 0 unspecified atom stereocenters. The third kappa shape index (κ3) is 6.89. The molecule has 1 aliphatic rings. The highest BCUT2D eigenvalue weighted by atomic mass is 32.2. The van der Waals surface area contributed by atoms with Crippen molar-refractivity contribution in [2.75, 3.05) is 29.9 Å². The number of nitrogens with zero attached hydrogens (tertiary/aromatic N) is 2. The van der Waals surface area contributed by atoms with E-state index in [1.807, 2.05) is 80.6 Å². The number of benzene rings is 3. The van der Waals surface area contributed by atoms with Crippen molar-refractivity contribution < 1.29 is 19.1 Å². The fraction of sp³-hybridized carbons (Fsp3) is 0.258.